The minimum Gasteiger partial charge on any atom is -0.444 e. The summed E-state index contributed by atoms with van der Waals surface area (Å²) in [5, 5.41) is 1.57. The van der Waals surface area contributed by atoms with Crippen LogP contribution >= 0.6 is 11.6 Å². The molecule has 448 valence electrons. The fourth-order valence-corrected chi connectivity index (χ4v) is 13.1. The number of benzene rings is 2. The Bertz CT molecular complexity index is 4120. The molecule has 8 aromatic rings. The molecule has 2 fully saturated rings. The van der Waals surface area contributed by atoms with Crippen LogP contribution in [0.2, 0.25) is 0 Å². The van der Waals surface area contributed by atoms with Crippen LogP contribution in [0.4, 0.5) is 14.4 Å². The number of pyridine rings is 2. The van der Waals surface area contributed by atoms with Crippen molar-refractivity contribution in [2.24, 2.45) is 0 Å². The van der Waals surface area contributed by atoms with Gasteiger partial charge in [-0.15, -0.1) is 0 Å². The number of Topliss-reactive ketones (excluding diaryl/α,β-unsaturated/α-hetero) is 4. The first-order valence-corrected chi connectivity index (χ1v) is 29.5. The Balaban J connectivity index is 0.000000163. The molecule has 2 saturated heterocycles. The molecule has 14 rings (SSSR count). The number of piperidine rings is 2. The number of ketones is 4. The molecule has 4 amide bonds. The van der Waals surface area contributed by atoms with Crippen LogP contribution < -0.4 is 0 Å². The van der Waals surface area contributed by atoms with Crippen molar-refractivity contribution in [3.8, 4) is 0 Å². The number of aromatic nitrogens is 6. The van der Waals surface area contributed by atoms with Gasteiger partial charge in [0.2, 0.25) is 0 Å². The quantitative estimate of drug-likeness (QED) is 0.0932. The summed E-state index contributed by atoms with van der Waals surface area (Å²) in [5.74, 6) is -0.699. The van der Waals surface area contributed by atoms with Gasteiger partial charge in [-0.05, 0) is 132 Å². The van der Waals surface area contributed by atoms with Gasteiger partial charge in [0.15, 0.2) is 23.1 Å². The van der Waals surface area contributed by atoms with E-state index < -0.39 is 5.60 Å². The summed E-state index contributed by atoms with van der Waals surface area (Å²) in [5.41, 5.74) is 11.6. The number of urea groups is 1. The van der Waals surface area contributed by atoms with Crippen molar-refractivity contribution in [2.75, 3.05) is 39.3 Å². The van der Waals surface area contributed by atoms with Crippen LogP contribution in [0.5, 0.6) is 0 Å². The number of amides is 4. The number of aryl methyl sites for hydroxylation is 2. The zero-order chi connectivity index (χ0) is 58.7. The van der Waals surface area contributed by atoms with Gasteiger partial charge in [0, 0.05) is 117 Å². The van der Waals surface area contributed by atoms with Crippen molar-refractivity contribution < 1.29 is 38.3 Å². The first-order chi connectivity index (χ1) is 40.4. The third-order valence-electron chi connectivity index (χ3n) is 16.6. The molecule has 6 aliphatic rings. The van der Waals surface area contributed by atoms with E-state index >= 15 is 0 Å². The molecule has 18 nitrogen and oxygen atoms in total. The number of hydrogen-bond acceptors (Lipinski definition) is 10. The molecule has 0 spiro atoms. The lowest BCUT2D eigenvalue weighted by atomic mass is 9.96. The van der Waals surface area contributed by atoms with Gasteiger partial charge in [0.05, 0.1) is 65.3 Å². The molecular formula is C67H75ClN10O8. The summed E-state index contributed by atoms with van der Waals surface area (Å²) < 4.78 is 13.6. The molecule has 2 aliphatic carbocycles. The van der Waals surface area contributed by atoms with Crippen LogP contribution in [0.25, 0.3) is 55.4 Å². The number of hydrogen-bond donors (Lipinski definition) is 0. The maximum absolute atomic E-state index is 13.4. The Morgan fingerprint density at radius 3 is 1.40 bits per heavy atom. The molecule has 2 aromatic carbocycles. The molecule has 0 saturated carbocycles. The van der Waals surface area contributed by atoms with Gasteiger partial charge in [-0.1, -0.05) is 50.2 Å². The number of imidazole rings is 2. The predicted octanol–water partition coefficient (Wildman–Crippen LogP) is 12.4. The van der Waals surface area contributed by atoms with Gasteiger partial charge >= 0.3 is 17.5 Å². The highest BCUT2D eigenvalue weighted by Gasteiger charge is 2.39. The number of likely N-dealkylation sites (tertiary alicyclic amines) is 2. The minimum absolute atomic E-state index is 0. The van der Waals surface area contributed by atoms with Crippen LogP contribution in [-0.4, -0.2) is 133 Å². The van der Waals surface area contributed by atoms with Crippen LogP contribution in [0.3, 0.4) is 0 Å². The van der Waals surface area contributed by atoms with Crippen molar-refractivity contribution in [1.82, 2.24) is 47.5 Å². The minimum atomic E-state index is -0.579. The molecule has 4 aliphatic heterocycles. The largest absolute Gasteiger partial charge is 0.444 e. The monoisotopic (exact) mass is 1180 g/mol. The Kier molecular flexibility index (Phi) is 17.1. The van der Waals surface area contributed by atoms with E-state index in [1.54, 1.807) is 22.2 Å². The van der Waals surface area contributed by atoms with E-state index in [-0.39, 0.29) is 68.3 Å². The molecule has 86 heavy (non-hydrogen) atoms. The Labute approximate surface area is 505 Å². The van der Waals surface area contributed by atoms with E-state index in [9.17, 15) is 33.6 Å². The van der Waals surface area contributed by atoms with E-state index in [2.05, 4.69) is 43.4 Å². The maximum atomic E-state index is 13.4. The second-order valence-electron chi connectivity index (χ2n) is 23.8. The molecule has 10 heterocycles. The third-order valence-corrected chi connectivity index (χ3v) is 16.9. The van der Waals surface area contributed by atoms with Gasteiger partial charge in [0.25, 0.3) is 0 Å². The summed E-state index contributed by atoms with van der Waals surface area (Å²) in [4.78, 5) is 106. The van der Waals surface area contributed by atoms with Gasteiger partial charge in [-0.25, -0.2) is 19.6 Å². The van der Waals surface area contributed by atoms with Gasteiger partial charge in [-0.2, -0.15) is 0 Å². The first kappa shape index (κ1) is 60.5. The average Bonchev–Trinajstić information content (AvgIpc) is 1.69. The smallest absolute Gasteiger partial charge is 0.410 e. The lowest BCUT2D eigenvalue weighted by molar-refractivity contribution is -0.121. The van der Waals surface area contributed by atoms with Crippen LogP contribution in [0.1, 0.15) is 132 Å². The second kappa shape index (κ2) is 24.4. The maximum Gasteiger partial charge on any atom is 0.410 e. The molecule has 0 radical (unpaired) electrons. The highest BCUT2D eigenvalue weighted by Crippen LogP contribution is 2.43. The fraction of sp³-hybridized carbons (Fsp3) is 0.388. The van der Waals surface area contributed by atoms with Crippen molar-refractivity contribution in [2.45, 2.75) is 133 Å². The fourth-order valence-electron chi connectivity index (χ4n) is 12.9. The van der Waals surface area contributed by atoms with E-state index in [4.69, 9.17) is 16.3 Å². The summed E-state index contributed by atoms with van der Waals surface area (Å²) in [6.45, 7) is 16.2. The number of carbonyl (C=O) groups is 7. The molecule has 0 bridgehead atoms. The lowest BCUT2D eigenvalue weighted by Crippen LogP contribution is -2.45. The summed E-state index contributed by atoms with van der Waals surface area (Å²) in [7, 11) is 0. The second-order valence-corrected chi connectivity index (χ2v) is 24.1. The topological polar surface area (TPSA) is 186 Å². The zero-order valence-corrected chi connectivity index (χ0v) is 48.8. The number of carbonyl (C=O) groups excluding carboxylic acids is 7. The lowest BCUT2D eigenvalue weighted by Gasteiger charge is -2.32. The van der Waals surface area contributed by atoms with Gasteiger partial charge in [-0.3, -0.25) is 32.8 Å². The number of nitrogens with zero attached hydrogens (tertiary/aromatic N) is 10. The van der Waals surface area contributed by atoms with Crippen molar-refractivity contribution in [3.05, 3.63) is 143 Å². The van der Waals surface area contributed by atoms with Gasteiger partial charge < -0.3 is 33.5 Å². The van der Waals surface area contributed by atoms with E-state index in [1.807, 2.05) is 114 Å². The molecule has 0 atom stereocenters. The van der Waals surface area contributed by atoms with Crippen molar-refractivity contribution in [1.29, 1.82) is 0 Å². The Morgan fingerprint density at radius 1 is 0.523 bits per heavy atom. The number of ether oxygens (including phenoxy) is 1. The Hall–Kier alpha value is -8.64. The zero-order valence-electron chi connectivity index (χ0n) is 48.1. The van der Waals surface area contributed by atoms with Crippen LogP contribution in [0, 0.1) is 13.8 Å². The van der Waals surface area contributed by atoms with Crippen molar-refractivity contribution in [3.63, 3.8) is 0 Å². The van der Waals surface area contributed by atoms with Gasteiger partial charge in [0.1, 0.15) is 16.9 Å². The predicted molar refractivity (Wildman–Crippen MR) is 335 cm³/mol. The third kappa shape index (κ3) is 11.5. The molecule has 6 aromatic heterocycles. The van der Waals surface area contributed by atoms with E-state index in [0.717, 1.165) is 113 Å². The van der Waals surface area contributed by atoms with Crippen molar-refractivity contribution >= 4 is 108 Å². The molecule has 0 N–H and O–H groups in total. The highest BCUT2D eigenvalue weighted by atomic mass is 35.5. The molecule has 19 heteroatoms. The summed E-state index contributed by atoms with van der Waals surface area (Å²) in [6.07, 6.45) is 17.2. The molecule has 0 unspecified atom stereocenters. The number of allylic oxidation sites excluding steroid dienone is 4. The summed E-state index contributed by atoms with van der Waals surface area (Å²) >= 11 is 5.24. The number of rotatable bonds is 4. The average molecular weight is 1180 g/mol. The molecular weight excluding hydrogens is 1110 g/mol. The van der Waals surface area contributed by atoms with Crippen LogP contribution in [0.15, 0.2) is 97.8 Å². The SMILES string of the molecule is C.C.Cc1cc2c3c(c1)c(C1=C(c4cnc5ccccn45)C(=O)CC1=O)cn3CCN(C(=O)N1CCCCC1)C2.Cc1cc2c3c(c1)c(C1=C(c4cnc5ccccn45)C(=O)CC1=O)cn3CCN(C(=O)OC(C)(C)C)C2.O=C(Cl)N1CCCCC1. The van der Waals surface area contributed by atoms with Crippen LogP contribution in [-0.2, 0) is 50.1 Å². The van der Waals surface area contributed by atoms with E-state index in [0.29, 0.717) is 78.6 Å². The normalized spacial score (nSPS) is 17.1. The Morgan fingerprint density at radius 2 is 0.953 bits per heavy atom. The number of halogens is 1. The standard InChI is InChI=1S/C30H29N5O3.C29H28N4O4.C6H10ClNO.2CH4/c1-19-13-20-17-34(30(38)32-8-4-2-5-9-32)12-11-33-18-22(21(14-19)29(20)33)27-24(36)15-25(37)28(27)23-16-31-26-7-3-6-10-35(23)26;1-17-11-18-15-32(28(36)37-29(2,3)4)10-9-31-16-20(19(12-17)27(18)31)25-22(34)13-23(35)26(25)21-14-30-24-7-5-6-8-33(21)24;7-6(9)8-4-2-1-3-5-8;;/h3,6-7,10,13-14,16,18H,2,4-5,8-9,11-12,15,17H2,1H3;5-8,11-12,14,16H,9-10,13,15H2,1-4H3;1-5H2;2*1H4. The number of fused-ring (bicyclic) bond motifs is 2. The highest BCUT2D eigenvalue weighted by molar-refractivity contribution is 6.62. The van der Waals surface area contributed by atoms with E-state index in [1.165, 1.54) is 12.8 Å². The summed E-state index contributed by atoms with van der Waals surface area (Å²) in [6, 6.07) is 19.8. The first-order valence-electron chi connectivity index (χ1n) is 29.1.